The number of carbonyl (C=O) groups is 2. The minimum atomic E-state index is -0.120. The predicted molar refractivity (Wildman–Crippen MR) is 108 cm³/mol. The van der Waals surface area contributed by atoms with Gasteiger partial charge in [-0.1, -0.05) is 48.9 Å². The van der Waals surface area contributed by atoms with E-state index in [1.165, 1.54) is 12.7 Å². The van der Waals surface area contributed by atoms with Crippen LogP contribution in [0.4, 0.5) is 5.69 Å². The van der Waals surface area contributed by atoms with Gasteiger partial charge in [0, 0.05) is 19.3 Å². The van der Waals surface area contributed by atoms with Gasteiger partial charge in [0.1, 0.15) is 6.61 Å². The monoisotopic (exact) mass is 368 g/mol. The average Bonchev–Trinajstić information content (AvgIpc) is 2.66. The number of rotatable bonds is 9. The molecule has 0 aromatic heterocycles. The van der Waals surface area contributed by atoms with E-state index in [2.05, 4.69) is 5.32 Å². The largest absolute Gasteiger partial charge is 0.375 e. The molecule has 1 N–H and O–H groups in total. The minimum Gasteiger partial charge on any atom is -0.375 e. The number of anilines is 1. The highest BCUT2D eigenvalue weighted by atomic mass is 16.5. The standard InChI is InChI=1S/C22H28N2O3/c1-4-12-23-21(25)14-19-6-5-7-20(13-19)24(22(26)16-27-3)15-18-10-8-17(2)9-11-18/h5-11,13H,4,12,14-16H2,1-3H3,(H,23,25). The van der Waals surface area contributed by atoms with Gasteiger partial charge in [0.2, 0.25) is 5.91 Å². The van der Waals surface area contributed by atoms with Crippen LogP contribution in [0.3, 0.4) is 0 Å². The van der Waals surface area contributed by atoms with E-state index < -0.39 is 0 Å². The Morgan fingerprint density at radius 3 is 2.48 bits per heavy atom. The normalized spacial score (nSPS) is 10.5. The van der Waals surface area contributed by atoms with E-state index in [9.17, 15) is 9.59 Å². The number of aryl methyl sites for hydroxylation is 1. The maximum Gasteiger partial charge on any atom is 0.253 e. The molecule has 5 nitrogen and oxygen atoms in total. The van der Waals surface area contributed by atoms with E-state index in [0.29, 0.717) is 19.5 Å². The van der Waals surface area contributed by atoms with Gasteiger partial charge in [-0.3, -0.25) is 9.59 Å². The summed E-state index contributed by atoms with van der Waals surface area (Å²) in [4.78, 5) is 26.3. The van der Waals surface area contributed by atoms with Crippen molar-refractivity contribution in [1.82, 2.24) is 5.32 Å². The second kappa shape index (κ2) is 10.5. The molecule has 2 rings (SSSR count). The van der Waals surface area contributed by atoms with Crippen molar-refractivity contribution in [2.24, 2.45) is 0 Å². The summed E-state index contributed by atoms with van der Waals surface area (Å²) in [5.41, 5.74) is 3.85. The first-order chi connectivity index (χ1) is 13.0. The molecule has 0 heterocycles. The van der Waals surface area contributed by atoms with Gasteiger partial charge in [0.15, 0.2) is 0 Å². The van der Waals surface area contributed by atoms with Crippen LogP contribution in [0.25, 0.3) is 0 Å². The first-order valence-corrected chi connectivity index (χ1v) is 9.24. The molecule has 2 aromatic carbocycles. The highest BCUT2D eigenvalue weighted by Crippen LogP contribution is 2.20. The summed E-state index contributed by atoms with van der Waals surface area (Å²) < 4.78 is 5.05. The Hall–Kier alpha value is -2.66. The van der Waals surface area contributed by atoms with Crippen molar-refractivity contribution in [2.45, 2.75) is 33.2 Å². The lowest BCUT2D eigenvalue weighted by Gasteiger charge is -2.23. The van der Waals surface area contributed by atoms with Crippen LogP contribution in [0.2, 0.25) is 0 Å². The summed E-state index contributed by atoms with van der Waals surface area (Å²) in [5.74, 6) is -0.132. The molecule has 0 unspecified atom stereocenters. The van der Waals surface area contributed by atoms with Crippen LogP contribution in [0.15, 0.2) is 48.5 Å². The van der Waals surface area contributed by atoms with Crippen LogP contribution in [-0.2, 0) is 27.3 Å². The second-order valence-electron chi connectivity index (χ2n) is 6.60. The average molecular weight is 368 g/mol. The molecule has 0 radical (unpaired) electrons. The molecule has 0 fully saturated rings. The van der Waals surface area contributed by atoms with E-state index in [4.69, 9.17) is 4.74 Å². The zero-order chi connectivity index (χ0) is 19.6. The smallest absolute Gasteiger partial charge is 0.253 e. The van der Waals surface area contributed by atoms with E-state index in [1.54, 1.807) is 4.90 Å². The molecule has 0 aliphatic carbocycles. The molecule has 0 aliphatic rings. The molecule has 0 spiro atoms. The number of ether oxygens (including phenoxy) is 1. The van der Waals surface area contributed by atoms with E-state index in [-0.39, 0.29) is 18.4 Å². The predicted octanol–water partition coefficient (Wildman–Crippen LogP) is 3.24. The number of benzene rings is 2. The van der Waals surface area contributed by atoms with Crippen molar-refractivity contribution in [3.63, 3.8) is 0 Å². The van der Waals surface area contributed by atoms with Crippen molar-refractivity contribution in [3.05, 3.63) is 65.2 Å². The lowest BCUT2D eigenvalue weighted by Crippen LogP contribution is -2.33. The van der Waals surface area contributed by atoms with Gasteiger partial charge >= 0.3 is 0 Å². The molecular formula is C22H28N2O3. The van der Waals surface area contributed by atoms with Crippen LogP contribution in [0.1, 0.15) is 30.0 Å². The molecule has 2 amide bonds. The minimum absolute atomic E-state index is 0.00702. The Morgan fingerprint density at radius 2 is 1.81 bits per heavy atom. The Kier molecular flexibility index (Phi) is 8.01. The fourth-order valence-corrected chi connectivity index (χ4v) is 2.75. The van der Waals surface area contributed by atoms with Crippen LogP contribution in [0, 0.1) is 6.92 Å². The van der Waals surface area contributed by atoms with Crippen molar-refractivity contribution < 1.29 is 14.3 Å². The van der Waals surface area contributed by atoms with Gasteiger partial charge in [-0.25, -0.2) is 0 Å². The summed E-state index contributed by atoms with van der Waals surface area (Å²) >= 11 is 0. The molecule has 0 aliphatic heterocycles. The van der Waals surface area contributed by atoms with Crippen molar-refractivity contribution in [2.75, 3.05) is 25.2 Å². The topological polar surface area (TPSA) is 58.6 Å². The third kappa shape index (κ3) is 6.53. The number of hydrogen-bond donors (Lipinski definition) is 1. The zero-order valence-corrected chi connectivity index (χ0v) is 16.3. The first-order valence-electron chi connectivity index (χ1n) is 9.24. The Morgan fingerprint density at radius 1 is 1.07 bits per heavy atom. The first kappa shape index (κ1) is 20.6. The fraction of sp³-hybridized carbons (Fsp3) is 0.364. The zero-order valence-electron chi connectivity index (χ0n) is 16.3. The molecule has 0 atom stereocenters. The van der Waals surface area contributed by atoms with Crippen LogP contribution in [-0.4, -0.2) is 32.1 Å². The summed E-state index contributed by atoms with van der Waals surface area (Å²) in [6.07, 6.45) is 1.20. The van der Waals surface area contributed by atoms with E-state index in [0.717, 1.165) is 23.2 Å². The van der Waals surface area contributed by atoms with Crippen LogP contribution >= 0.6 is 0 Å². The molecule has 2 aromatic rings. The SMILES string of the molecule is CCCNC(=O)Cc1cccc(N(Cc2ccc(C)cc2)C(=O)COC)c1. The third-order valence-corrected chi connectivity index (χ3v) is 4.19. The number of nitrogens with zero attached hydrogens (tertiary/aromatic N) is 1. The van der Waals surface area contributed by atoms with Crippen molar-refractivity contribution >= 4 is 17.5 Å². The highest BCUT2D eigenvalue weighted by Gasteiger charge is 2.17. The maximum atomic E-state index is 12.6. The lowest BCUT2D eigenvalue weighted by molar-refractivity contribution is -0.122. The van der Waals surface area contributed by atoms with Gasteiger partial charge in [-0.2, -0.15) is 0 Å². The maximum absolute atomic E-state index is 12.6. The Balaban J connectivity index is 2.21. The van der Waals surface area contributed by atoms with E-state index in [1.807, 2.05) is 62.4 Å². The third-order valence-electron chi connectivity index (χ3n) is 4.19. The molecule has 0 saturated heterocycles. The lowest BCUT2D eigenvalue weighted by atomic mass is 10.1. The van der Waals surface area contributed by atoms with Crippen LogP contribution in [0.5, 0.6) is 0 Å². The van der Waals surface area contributed by atoms with Crippen LogP contribution < -0.4 is 10.2 Å². The summed E-state index contributed by atoms with van der Waals surface area (Å²) in [6, 6.07) is 15.7. The number of carbonyl (C=O) groups excluding carboxylic acids is 2. The van der Waals surface area contributed by atoms with Gasteiger partial charge in [-0.15, -0.1) is 0 Å². The van der Waals surface area contributed by atoms with Gasteiger partial charge < -0.3 is 15.0 Å². The molecule has 0 bridgehead atoms. The highest BCUT2D eigenvalue weighted by molar-refractivity contribution is 5.94. The summed E-state index contributed by atoms with van der Waals surface area (Å²) in [7, 11) is 1.51. The summed E-state index contributed by atoms with van der Waals surface area (Å²) in [6.45, 7) is 5.18. The van der Waals surface area contributed by atoms with E-state index >= 15 is 0 Å². The van der Waals surface area contributed by atoms with Gasteiger partial charge in [0.25, 0.3) is 5.91 Å². The number of nitrogens with one attached hydrogen (secondary N) is 1. The molecule has 27 heavy (non-hydrogen) atoms. The van der Waals surface area contributed by atoms with Gasteiger partial charge in [0.05, 0.1) is 13.0 Å². The number of amides is 2. The van der Waals surface area contributed by atoms with Crippen molar-refractivity contribution in [3.8, 4) is 0 Å². The molecule has 0 saturated carbocycles. The number of hydrogen-bond acceptors (Lipinski definition) is 3. The Labute approximate surface area is 161 Å². The number of methoxy groups -OCH3 is 1. The molecule has 144 valence electrons. The second-order valence-corrected chi connectivity index (χ2v) is 6.60. The fourth-order valence-electron chi connectivity index (χ4n) is 2.75. The van der Waals surface area contributed by atoms with Crippen molar-refractivity contribution in [1.29, 1.82) is 0 Å². The molecule has 5 heteroatoms. The van der Waals surface area contributed by atoms with Gasteiger partial charge in [-0.05, 0) is 36.6 Å². The quantitative estimate of drug-likeness (QED) is 0.739. The molecular weight excluding hydrogens is 340 g/mol. The Bertz CT molecular complexity index is 756. The summed E-state index contributed by atoms with van der Waals surface area (Å²) in [5, 5.41) is 2.88.